The van der Waals surface area contributed by atoms with E-state index >= 15 is 0 Å². The molecule has 0 spiro atoms. The summed E-state index contributed by atoms with van der Waals surface area (Å²) in [6.45, 7) is 0.403. The molecular formula is C22H25ClN4O4. The molecule has 2 N–H and O–H groups in total. The van der Waals surface area contributed by atoms with Crippen LogP contribution in [0.25, 0.3) is 0 Å². The van der Waals surface area contributed by atoms with Crippen LogP contribution in [0.4, 0.5) is 5.69 Å². The fourth-order valence-corrected chi connectivity index (χ4v) is 3.35. The third-order valence-corrected chi connectivity index (χ3v) is 4.93. The number of rotatable bonds is 8. The summed E-state index contributed by atoms with van der Waals surface area (Å²) in [4.78, 5) is 25.9. The number of benzene rings is 1. The number of ether oxygens (including phenoxy) is 2. The van der Waals surface area contributed by atoms with E-state index in [1.54, 1.807) is 18.3 Å². The number of hydrogen-bond acceptors (Lipinski definition) is 8. The molecule has 164 valence electrons. The minimum atomic E-state index is -0.721. The summed E-state index contributed by atoms with van der Waals surface area (Å²) in [5.74, 6) is 0.201. The molecule has 8 nitrogen and oxygen atoms in total. The Morgan fingerprint density at radius 3 is 2.84 bits per heavy atom. The SMILES string of the molecule is COCC(O)CNC1=Nc2ccc(Cl)cc2C(c2ccccn2)=N[C@H]1CCC(=O)OC. The molecule has 1 aromatic carbocycles. The number of aliphatic hydroxyl groups is 1. The first kappa shape index (κ1) is 22.9. The Morgan fingerprint density at radius 1 is 1.29 bits per heavy atom. The van der Waals surface area contributed by atoms with Gasteiger partial charge in [0, 0.05) is 36.9 Å². The fourth-order valence-electron chi connectivity index (χ4n) is 3.18. The summed E-state index contributed by atoms with van der Waals surface area (Å²) in [6.07, 6.45) is 1.51. The number of hydrogen-bond donors (Lipinski definition) is 2. The minimum Gasteiger partial charge on any atom is -0.469 e. The molecule has 31 heavy (non-hydrogen) atoms. The summed E-state index contributed by atoms with van der Waals surface area (Å²) in [5, 5.41) is 13.8. The van der Waals surface area contributed by atoms with Gasteiger partial charge in [-0.3, -0.25) is 14.8 Å². The number of fused-ring (bicyclic) bond motifs is 1. The monoisotopic (exact) mass is 444 g/mol. The zero-order valence-corrected chi connectivity index (χ0v) is 18.2. The maximum absolute atomic E-state index is 11.8. The molecule has 1 aromatic heterocycles. The molecule has 2 heterocycles. The Morgan fingerprint density at radius 2 is 2.13 bits per heavy atom. The van der Waals surface area contributed by atoms with Gasteiger partial charge in [0.05, 0.1) is 36.9 Å². The highest BCUT2D eigenvalue weighted by molar-refractivity contribution is 6.31. The third kappa shape index (κ3) is 6.10. The van der Waals surface area contributed by atoms with Crippen molar-refractivity contribution in [3.63, 3.8) is 0 Å². The largest absolute Gasteiger partial charge is 0.469 e. The molecule has 0 fully saturated rings. The molecule has 3 rings (SSSR count). The second-order valence-electron chi connectivity index (χ2n) is 6.97. The van der Waals surface area contributed by atoms with Crippen molar-refractivity contribution in [1.29, 1.82) is 0 Å². The van der Waals surface area contributed by atoms with E-state index in [0.29, 0.717) is 34.4 Å². The summed E-state index contributed by atoms with van der Waals surface area (Å²) in [6, 6.07) is 10.5. The van der Waals surface area contributed by atoms with Gasteiger partial charge in [0.25, 0.3) is 0 Å². The summed E-state index contributed by atoms with van der Waals surface area (Å²) in [5.41, 5.74) is 2.71. The molecular weight excluding hydrogens is 420 g/mol. The van der Waals surface area contributed by atoms with Gasteiger partial charge in [-0.25, -0.2) is 4.99 Å². The molecule has 0 radical (unpaired) electrons. The van der Waals surface area contributed by atoms with Crippen molar-refractivity contribution in [2.45, 2.75) is 25.0 Å². The van der Waals surface area contributed by atoms with Gasteiger partial charge in [0.15, 0.2) is 0 Å². The molecule has 2 aromatic rings. The lowest BCUT2D eigenvalue weighted by atomic mass is 10.0. The van der Waals surface area contributed by atoms with Crippen molar-refractivity contribution in [3.05, 3.63) is 58.9 Å². The van der Waals surface area contributed by atoms with Crippen LogP contribution >= 0.6 is 11.6 Å². The molecule has 9 heteroatoms. The van der Waals surface area contributed by atoms with Gasteiger partial charge in [-0.2, -0.15) is 0 Å². The van der Waals surface area contributed by atoms with Crippen molar-refractivity contribution >= 4 is 34.8 Å². The van der Waals surface area contributed by atoms with Gasteiger partial charge in [0.1, 0.15) is 11.9 Å². The van der Waals surface area contributed by atoms with E-state index in [4.69, 9.17) is 31.1 Å². The van der Waals surface area contributed by atoms with E-state index in [9.17, 15) is 9.90 Å². The summed E-state index contributed by atoms with van der Waals surface area (Å²) in [7, 11) is 2.87. The summed E-state index contributed by atoms with van der Waals surface area (Å²) >= 11 is 6.27. The number of methoxy groups -OCH3 is 2. The predicted molar refractivity (Wildman–Crippen MR) is 119 cm³/mol. The van der Waals surface area contributed by atoms with Crippen molar-refractivity contribution in [1.82, 2.24) is 10.3 Å². The summed E-state index contributed by atoms with van der Waals surface area (Å²) < 4.78 is 9.78. The average molecular weight is 445 g/mol. The number of pyridine rings is 1. The van der Waals surface area contributed by atoms with E-state index in [1.165, 1.54) is 14.2 Å². The van der Waals surface area contributed by atoms with Gasteiger partial charge >= 0.3 is 5.97 Å². The highest BCUT2D eigenvalue weighted by Crippen LogP contribution is 2.29. The number of aliphatic imine (C=N–C) groups is 2. The lowest BCUT2D eigenvalue weighted by molar-refractivity contribution is -0.140. The van der Waals surface area contributed by atoms with Crippen LogP contribution in [-0.2, 0) is 14.3 Å². The zero-order chi connectivity index (χ0) is 22.2. The Balaban J connectivity index is 2.04. The van der Waals surface area contributed by atoms with E-state index in [2.05, 4.69) is 10.3 Å². The van der Waals surface area contributed by atoms with Crippen molar-refractivity contribution in [2.75, 3.05) is 27.4 Å². The van der Waals surface area contributed by atoms with Crippen molar-refractivity contribution in [2.24, 2.45) is 9.98 Å². The van der Waals surface area contributed by atoms with E-state index in [1.807, 2.05) is 24.3 Å². The molecule has 0 saturated heterocycles. The second-order valence-corrected chi connectivity index (χ2v) is 7.41. The first-order valence-electron chi connectivity index (χ1n) is 9.87. The second kappa shape index (κ2) is 11.0. The molecule has 2 atom stereocenters. The van der Waals surface area contributed by atoms with Crippen LogP contribution in [0.1, 0.15) is 24.1 Å². The number of nitrogens with one attached hydrogen (secondary N) is 1. The van der Waals surface area contributed by atoms with Gasteiger partial charge in [0.2, 0.25) is 0 Å². The first-order chi connectivity index (χ1) is 15.0. The molecule has 1 aliphatic heterocycles. The smallest absolute Gasteiger partial charge is 0.305 e. The predicted octanol–water partition coefficient (Wildman–Crippen LogP) is 2.53. The molecule has 0 aliphatic carbocycles. The Bertz CT molecular complexity index is 965. The number of esters is 1. The maximum atomic E-state index is 11.8. The third-order valence-electron chi connectivity index (χ3n) is 4.69. The van der Waals surface area contributed by atoms with Crippen LogP contribution in [-0.4, -0.2) is 67.1 Å². The van der Waals surface area contributed by atoms with Crippen LogP contribution in [0.3, 0.4) is 0 Å². The Kier molecular flexibility index (Phi) is 8.11. The van der Waals surface area contributed by atoms with Crippen LogP contribution in [0.2, 0.25) is 5.02 Å². The number of halogens is 1. The number of amidine groups is 1. The van der Waals surface area contributed by atoms with Crippen LogP contribution in [0.5, 0.6) is 0 Å². The van der Waals surface area contributed by atoms with E-state index in [-0.39, 0.29) is 25.5 Å². The quantitative estimate of drug-likeness (QED) is 0.606. The molecule has 1 unspecified atom stereocenters. The normalized spacial score (nSPS) is 16.5. The van der Waals surface area contributed by atoms with Gasteiger partial charge in [-0.1, -0.05) is 17.7 Å². The van der Waals surface area contributed by atoms with E-state index < -0.39 is 12.1 Å². The fraction of sp³-hybridized carbons (Fsp3) is 0.364. The lowest BCUT2D eigenvalue weighted by Crippen LogP contribution is -2.40. The lowest BCUT2D eigenvalue weighted by Gasteiger charge is -2.18. The Labute approximate surface area is 186 Å². The van der Waals surface area contributed by atoms with Crippen molar-refractivity contribution in [3.8, 4) is 0 Å². The zero-order valence-electron chi connectivity index (χ0n) is 17.4. The molecule has 0 bridgehead atoms. The van der Waals surface area contributed by atoms with Crippen molar-refractivity contribution < 1.29 is 19.4 Å². The van der Waals surface area contributed by atoms with E-state index in [0.717, 1.165) is 5.56 Å². The topological polar surface area (TPSA) is 105 Å². The number of aromatic nitrogens is 1. The number of nitrogens with zero attached hydrogens (tertiary/aromatic N) is 3. The molecule has 0 saturated carbocycles. The van der Waals surface area contributed by atoms with Gasteiger partial charge in [-0.05, 0) is 36.8 Å². The molecule has 0 amide bonds. The van der Waals surface area contributed by atoms with Crippen LogP contribution in [0.15, 0.2) is 52.6 Å². The minimum absolute atomic E-state index is 0.165. The highest BCUT2D eigenvalue weighted by Gasteiger charge is 2.25. The first-order valence-corrected chi connectivity index (χ1v) is 10.2. The number of aliphatic hydroxyl groups excluding tert-OH is 1. The highest BCUT2D eigenvalue weighted by atomic mass is 35.5. The van der Waals surface area contributed by atoms with Crippen LogP contribution < -0.4 is 5.32 Å². The van der Waals surface area contributed by atoms with Gasteiger partial charge < -0.3 is 19.9 Å². The number of carbonyl (C=O) groups is 1. The average Bonchev–Trinajstić information content (AvgIpc) is 2.93. The molecule has 1 aliphatic rings. The van der Waals surface area contributed by atoms with Gasteiger partial charge in [-0.15, -0.1) is 0 Å². The maximum Gasteiger partial charge on any atom is 0.305 e. The standard InChI is InChI=1S/C22H25ClN4O4/c1-30-13-15(28)12-25-22-19(8-9-20(29)31-2)26-21(18-5-3-4-10-24-18)16-11-14(23)6-7-17(16)27-22/h3-7,10-11,15,19,28H,8-9,12-13H2,1-2H3,(H,25,27)/t15?,19-/m0/s1. The Hall–Kier alpha value is -2.81. The number of carbonyl (C=O) groups excluding carboxylic acids is 1. The van der Waals surface area contributed by atoms with Crippen LogP contribution in [0, 0.1) is 0 Å².